The third-order valence-electron chi connectivity index (χ3n) is 5.46. The molecular formula is C20H38O. The molecular weight excluding hydrogens is 256 g/mol. The second-order valence-electron chi connectivity index (χ2n) is 7.77. The molecule has 1 nitrogen and oxygen atoms in total. The van der Waals surface area contributed by atoms with E-state index in [0.717, 1.165) is 25.2 Å². The molecule has 0 aromatic heterocycles. The van der Waals surface area contributed by atoms with Gasteiger partial charge in [0.2, 0.25) is 0 Å². The number of unbranched alkanes of at least 4 members (excludes halogenated alkanes) is 6. The van der Waals surface area contributed by atoms with Crippen molar-refractivity contribution >= 4 is 5.78 Å². The van der Waals surface area contributed by atoms with E-state index in [4.69, 9.17) is 0 Å². The molecule has 1 aliphatic carbocycles. The second kappa shape index (κ2) is 10.4. The lowest BCUT2D eigenvalue weighted by atomic mass is 9.68. The van der Waals surface area contributed by atoms with Gasteiger partial charge in [-0.2, -0.15) is 0 Å². The lowest BCUT2D eigenvalue weighted by Crippen LogP contribution is -2.33. The molecule has 0 amide bonds. The van der Waals surface area contributed by atoms with Crippen molar-refractivity contribution in [1.82, 2.24) is 0 Å². The van der Waals surface area contributed by atoms with Crippen LogP contribution in [0.4, 0.5) is 0 Å². The monoisotopic (exact) mass is 294 g/mol. The van der Waals surface area contributed by atoms with Crippen LogP contribution >= 0.6 is 0 Å². The van der Waals surface area contributed by atoms with Crippen LogP contribution in [0.2, 0.25) is 0 Å². The van der Waals surface area contributed by atoms with E-state index in [1.165, 1.54) is 51.4 Å². The molecule has 0 saturated heterocycles. The summed E-state index contributed by atoms with van der Waals surface area (Å²) in [6.07, 6.45) is 13.7. The number of carbonyl (C=O) groups is 1. The Balaban J connectivity index is 2.25. The van der Waals surface area contributed by atoms with Crippen molar-refractivity contribution in [2.24, 2.45) is 23.7 Å². The Hall–Kier alpha value is -0.330. The predicted octanol–water partition coefficient (Wildman–Crippen LogP) is 6.40. The van der Waals surface area contributed by atoms with Gasteiger partial charge in [-0.25, -0.2) is 0 Å². The van der Waals surface area contributed by atoms with Crippen molar-refractivity contribution in [3.05, 3.63) is 0 Å². The Morgan fingerprint density at radius 3 is 2.24 bits per heavy atom. The van der Waals surface area contributed by atoms with Crippen LogP contribution in [0.3, 0.4) is 0 Å². The summed E-state index contributed by atoms with van der Waals surface area (Å²) in [6, 6.07) is 0. The fourth-order valence-corrected chi connectivity index (χ4v) is 4.01. The number of hydrogen-bond acceptors (Lipinski definition) is 1. The Morgan fingerprint density at radius 1 is 1.00 bits per heavy atom. The summed E-state index contributed by atoms with van der Waals surface area (Å²) in [4.78, 5) is 12.6. The molecule has 21 heavy (non-hydrogen) atoms. The minimum atomic E-state index is 0.369. The van der Waals surface area contributed by atoms with Crippen molar-refractivity contribution in [3.8, 4) is 0 Å². The van der Waals surface area contributed by atoms with E-state index in [-0.39, 0.29) is 0 Å². The molecule has 0 bridgehead atoms. The molecule has 1 saturated carbocycles. The molecule has 1 rings (SSSR count). The number of hydrogen-bond donors (Lipinski definition) is 0. The predicted molar refractivity (Wildman–Crippen MR) is 92.5 cm³/mol. The van der Waals surface area contributed by atoms with E-state index in [1.54, 1.807) is 0 Å². The van der Waals surface area contributed by atoms with Crippen molar-refractivity contribution in [2.75, 3.05) is 0 Å². The highest BCUT2D eigenvalue weighted by Gasteiger charge is 2.34. The molecule has 0 aromatic carbocycles. The Bertz CT molecular complexity index is 282. The van der Waals surface area contributed by atoms with Crippen molar-refractivity contribution in [3.63, 3.8) is 0 Å². The Morgan fingerprint density at radius 2 is 1.62 bits per heavy atom. The first kappa shape index (κ1) is 18.7. The van der Waals surface area contributed by atoms with Gasteiger partial charge in [0, 0.05) is 12.3 Å². The minimum Gasteiger partial charge on any atom is -0.299 e. The molecule has 3 unspecified atom stereocenters. The van der Waals surface area contributed by atoms with Crippen LogP contribution in [0.15, 0.2) is 0 Å². The standard InChI is InChI=1S/C20H38O/c1-5-6-7-8-9-10-11-12-20(21)19-15-17(4)13-14-18(19)16(2)3/h16-19H,5-15H2,1-4H3. The molecule has 1 fully saturated rings. The van der Waals surface area contributed by atoms with Gasteiger partial charge in [-0.15, -0.1) is 0 Å². The maximum atomic E-state index is 12.6. The molecule has 0 aromatic rings. The third-order valence-corrected chi connectivity index (χ3v) is 5.46. The SMILES string of the molecule is CCCCCCCCCC(=O)C1CC(C)CCC1C(C)C. The highest BCUT2D eigenvalue weighted by Crippen LogP contribution is 2.39. The molecule has 1 aliphatic rings. The average molecular weight is 295 g/mol. The van der Waals surface area contributed by atoms with Crippen LogP contribution < -0.4 is 0 Å². The van der Waals surface area contributed by atoms with E-state index >= 15 is 0 Å². The summed E-state index contributed by atoms with van der Waals surface area (Å²) in [7, 11) is 0. The Kier molecular flexibility index (Phi) is 9.27. The summed E-state index contributed by atoms with van der Waals surface area (Å²) in [5.74, 6) is 3.02. The topological polar surface area (TPSA) is 17.1 Å². The molecule has 1 heteroatoms. The van der Waals surface area contributed by atoms with Gasteiger partial charge in [-0.05, 0) is 37.0 Å². The average Bonchev–Trinajstić information content (AvgIpc) is 2.45. The van der Waals surface area contributed by atoms with E-state index < -0.39 is 0 Å². The highest BCUT2D eigenvalue weighted by molar-refractivity contribution is 5.81. The van der Waals surface area contributed by atoms with Gasteiger partial charge < -0.3 is 0 Å². The summed E-state index contributed by atoms with van der Waals surface area (Å²) < 4.78 is 0. The van der Waals surface area contributed by atoms with Crippen LogP contribution in [-0.4, -0.2) is 5.78 Å². The zero-order valence-electron chi connectivity index (χ0n) is 15.0. The zero-order chi connectivity index (χ0) is 15.7. The van der Waals surface area contributed by atoms with E-state index in [9.17, 15) is 4.79 Å². The first-order chi connectivity index (χ1) is 10.1. The van der Waals surface area contributed by atoms with Gasteiger partial charge >= 0.3 is 0 Å². The first-order valence-corrected chi connectivity index (χ1v) is 9.59. The zero-order valence-corrected chi connectivity index (χ0v) is 15.0. The van der Waals surface area contributed by atoms with Crippen LogP contribution in [-0.2, 0) is 4.79 Å². The fraction of sp³-hybridized carbons (Fsp3) is 0.950. The highest BCUT2D eigenvalue weighted by atomic mass is 16.1. The fourth-order valence-electron chi connectivity index (χ4n) is 4.01. The Labute approximate surface area is 133 Å². The van der Waals surface area contributed by atoms with Crippen molar-refractivity contribution in [1.29, 1.82) is 0 Å². The van der Waals surface area contributed by atoms with E-state index in [1.807, 2.05) is 0 Å². The molecule has 0 aliphatic heterocycles. The molecule has 0 radical (unpaired) electrons. The summed E-state index contributed by atoms with van der Waals surface area (Å²) >= 11 is 0. The van der Waals surface area contributed by atoms with Crippen LogP contribution in [0.5, 0.6) is 0 Å². The normalized spacial score (nSPS) is 26.2. The maximum Gasteiger partial charge on any atom is 0.136 e. The van der Waals surface area contributed by atoms with Gasteiger partial charge in [-0.1, -0.05) is 72.6 Å². The second-order valence-corrected chi connectivity index (χ2v) is 7.77. The molecule has 0 heterocycles. The maximum absolute atomic E-state index is 12.6. The summed E-state index contributed by atoms with van der Waals surface area (Å²) in [5, 5.41) is 0. The number of Topliss-reactive ketones (excluding diaryl/α,β-unsaturated/α-hetero) is 1. The van der Waals surface area contributed by atoms with E-state index in [2.05, 4.69) is 27.7 Å². The first-order valence-electron chi connectivity index (χ1n) is 9.59. The quantitative estimate of drug-likeness (QED) is 0.426. The van der Waals surface area contributed by atoms with Crippen LogP contribution in [0, 0.1) is 23.7 Å². The van der Waals surface area contributed by atoms with Crippen molar-refractivity contribution < 1.29 is 4.79 Å². The minimum absolute atomic E-state index is 0.369. The summed E-state index contributed by atoms with van der Waals surface area (Å²) in [6.45, 7) is 9.18. The molecule has 0 N–H and O–H groups in total. The third kappa shape index (κ3) is 6.98. The smallest absolute Gasteiger partial charge is 0.136 e. The number of carbonyl (C=O) groups excluding carboxylic acids is 1. The van der Waals surface area contributed by atoms with Gasteiger partial charge in [0.15, 0.2) is 0 Å². The van der Waals surface area contributed by atoms with Crippen LogP contribution in [0.25, 0.3) is 0 Å². The summed E-state index contributed by atoms with van der Waals surface area (Å²) in [5.41, 5.74) is 0. The van der Waals surface area contributed by atoms with Crippen molar-refractivity contribution in [2.45, 2.75) is 98.3 Å². The van der Waals surface area contributed by atoms with Gasteiger partial charge in [0.1, 0.15) is 5.78 Å². The van der Waals surface area contributed by atoms with Gasteiger partial charge in [-0.3, -0.25) is 4.79 Å². The largest absolute Gasteiger partial charge is 0.299 e. The molecule has 0 spiro atoms. The van der Waals surface area contributed by atoms with Crippen LogP contribution in [0.1, 0.15) is 98.3 Å². The van der Waals surface area contributed by atoms with Gasteiger partial charge in [0.25, 0.3) is 0 Å². The molecule has 3 atom stereocenters. The molecule has 124 valence electrons. The van der Waals surface area contributed by atoms with E-state index in [0.29, 0.717) is 23.5 Å². The van der Waals surface area contributed by atoms with Gasteiger partial charge in [0.05, 0.1) is 0 Å². The lowest BCUT2D eigenvalue weighted by molar-refractivity contribution is -0.127. The number of rotatable bonds is 10. The number of ketones is 1. The lowest BCUT2D eigenvalue weighted by Gasteiger charge is -2.36.